The normalized spacial score (nSPS) is 17.7. The lowest BCUT2D eigenvalue weighted by Gasteiger charge is -2.17. The highest BCUT2D eigenvalue weighted by Gasteiger charge is 2.27. The van der Waals surface area contributed by atoms with E-state index in [0.717, 1.165) is 5.69 Å². The molecule has 3 nitrogen and oxygen atoms in total. The van der Waals surface area contributed by atoms with Crippen LogP contribution in [0.5, 0.6) is 0 Å². The van der Waals surface area contributed by atoms with Crippen molar-refractivity contribution in [2.45, 2.75) is 0 Å². The van der Waals surface area contributed by atoms with Crippen molar-refractivity contribution < 1.29 is 9.21 Å². The Labute approximate surface area is 109 Å². The molecule has 0 N–H and O–H groups in total. The number of benzene rings is 1. The second kappa shape index (κ2) is 4.74. The van der Waals surface area contributed by atoms with Crippen molar-refractivity contribution in [2.24, 2.45) is 0 Å². The van der Waals surface area contributed by atoms with Crippen molar-refractivity contribution in [3.8, 4) is 0 Å². The second-order valence-corrected chi connectivity index (χ2v) is 4.79. The Morgan fingerprint density at radius 3 is 2.72 bits per heavy atom. The van der Waals surface area contributed by atoms with Gasteiger partial charge in [0.1, 0.15) is 11.5 Å². The summed E-state index contributed by atoms with van der Waals surface area (Å²) in [5.74, 6) is 1.34. The van der Waals surface area contributed by atoms with Gasteiger partial charge < -0.3 is 9.32 Å². The molecule has 1 aromatic carbocycles. The van der Waals surface area contributed by atoms with Crippen LogP contribution in [0.4, 0.5) is 5.69 Å². The molecule has 0 unspecified atom stereocenters. The molecule has 0 amide bonds. The van der Waals surface area contributed by atoms with Crippen molar-refractivity contribution in [1.29, 1.82) is 0 Å². The van der Waals surface area contributed by atoms with Gasteiger partial charge in [0.15, 0.2) is 0 Å². The summed E-state index contributed by atoms with van der Waals surface area (Å²) in [7, 11) is 0. The maximum absolute atomic E-state index is 11.9. The van der Waals surface area contributed by atoms with Crippen molar-refractivity contribution in [2.75, 3.05) is 10.8 Å². The van der Waals surface area contributed by atoms with E-state index in [9.17, 15) is 4.79 Å². The van der Waals surface area contributed by atoms with Gasteiger partial charge >= 0.3 is 0 Å². The van der Waals surface area contributed by atoms with Gasteiger partial charge in [-0.2, -0.15) is 0 Å². The molecule has 2 heterocycles. The molecule has 0 bridgehead atoms. The lowest BCUT2D eigenvalue weighted by atomic mass is 10.2. The van der Waals surface area contributed by atoms with Crippen LogP contribution in [0.15, 0.2) is 58.8 Å². The number of rotatable bonds is 2. The molecule has 18 heavy (non-hydrogen) atoms. The lowest BCUT2D eigenvalue weighted by Crippen LogP contribution is -2.17. The summed E-state index contributed by atoms with van der Waals surface area (Å²) in [4.78, 5) is 13.9. The Kier molecular flexibility index (Phi) is 2.94. The predicted octanol–water partition coefficient (Wildman–Crippen LogP) is 3.36. The molecular formula is C14H11NO2S. The zero-order valence-corrected chi connectivity index (χ0v) is 10.4. The fourth-order valence-corrected chi connectivity index (χ4v) is 2.69. The Morgan fingerprint density at radius 1 is 1.17 bits per heavy atom. The molecule has 1 saturated heterocycles. The molecule has 1 aliphatic rings. The first-order valence-electron chi connectivity index (χ1n) is 5.59. The fraction of sp³-hybridized carbons (Fsp3) is 0.0714. The van der Waals surface area contributed by atoms with Crippen LogP contribution in [0.25, 0.3) is 6.08 Å². The average Bonchev–Trinajstić information content (AvgIpc) is 3.03. The summed E-state index contributed by atoms with van der Waals surface area (Å²) in [6, 6.07) is 13.5. The van der Waals surface area contributed by atoms with Crippen LogP contribution in [0.1, 0.15) is 5.76 Å². The van der Waals surface area contributed by atoms with E-state index < -0.39 is 0 Å². The molecular weight excluding hydrogens is 246 g/mol. The summed E-state index contributed by atoms with van der Waals surface area (Å²) in [5, 5.41) is 0.0789. The maximum Gasteiger partial charge on any atom is 0.237 e. The number of furan rings is 1. The van der Waals surface area contributed by atoms with Crippen molar-refractivity contribution in [3.05, 3.63) is 60.2 Å². The van der Waals surface area contributed by atoms with E-state index >= 15 is 0 Å². The van der Waals surface area contributed by atoms with Gasteiger partial charge in [0.25, 0.3) is 0 Å². The van der Waals surface area contributed by atoms with E-state index in [0.29, 0.717) is 17.3 Å². The summed E-state index contributed by atoms with van der Waals surface area (Å²) in [5.41, 5.74) is 1.69. The Hall–Kier alpha value is -1.94. The van der Waals surface area contributed by atoms with Gasteiger partial charge in [-0.05, 0) is 24.3 Å². The van der Waals surface area contributed by atoms with Gasteiger partial charge in [0, 0.05) is 11.8 Å². The van der Waals surface area contributed by atoms with Gasteiger partial charge in [-0.25, -0.2) is 0 Å². The average molecular weight is 257 g/mol. The zero-order valence-electron chi connectivity index (χ0n) is 9.58. The Bertz CT molecular complexity index is 575. The summed E-state index contributed by atoms with van der Waals surface area (Å²) in [6.07, 6.45) is 3.39. The molecule has 0 saturated carbocycles. The second-order valence-electron chi connectivity index (χ2n) is 3.87. The molecule has 3 rings (SSSR count). The third-order valence-electron chi connectivity index (χ3n) is 2.71. The zero-order chi connectivity index (χ0) is 12.4. The molecule has 0 spiro atoms. The smallest absolute Gasteiger partial charge is 0.237 e. The highest BCUT2D eigenvalue weighted by atomic mass is 32.2. The van der Waals surface area contributed by atoms with E-state index in [4.69, 9.17) is 4.42 Å². The van der Waals surface area contributed by atoms with Crippen molar-refractivity contribution >= 4 is 28.6 Å². The monoisotopic (exact) mass is 257 g/mol. The molecule has 0 radical (unpaired) electrons. The topological polar surface area (TPSA) is 33.5 Å². The molecule has 2 aromatic rings. The quantitative estimate of drug-likeness (QED) is 0.772. The van der Waals surface area contributed by atoms with Gasteiger partial charge in [-0.3, -0.25) is 4.79 Å². The van der Waals surface area contributed by atoms with E-state index in [1.165, 1.54) is 11.8 Å². The van der Waals surface area contributed by atoms with E-state index in [1.54, 1.807) is 12.3 Å². The van der Waals surface area contributed by atoms with Crippen LogP contribution in [0, 0.1) is 0 Å². The third kappa shape index (κ3) is 2.07. The molecule has 0 atom stereocenters. The van der Waals surface area contributed by atoms with Crippen molar-refractivity contribution in [1.82, 2.24) is 0 Å². The van der Waals surface area contributed by atoms with Gasteiger partial charge in [0.2, 0.25) is 5.12 Å². The van der Waals surface area contributed by atoms with Crippen LogP contribution in [-0.2, 0) is 4.79 Å². The number of thioether (sulfide) groups is 1. The summed E-state index contributed by atoms with van der Waals surface area (Å²) < 4.78 is 5.26. The first kappa shape index (κ1) is 11.2. The van der Waals surface area contributed by atoms with Gasteiger partial charge in [0.05, 0.1) is 12.1 Å². The number of carbonyl (C=O) groups excluding carboxylic acids is 1. The third-order valence-corrected chi connectivity index (χ3v) is 3.57. The molecule has 1 fully saturated rings. The number of hydrogen-bond donors (Lipinski definition) is 0. The lowest BCUT2D eigenvalue weighted by molar-refractivity contribution is -0.107. The molecule has 1 aromatic heterocycles. The number of para-hydroxylation sites is 1. The SMILES string of the molecule is O=C1SCN(c2ccccc2)/C1=C/c1ccco1. The highest BCUT2D eigenvalue weighted by Crippen LogP contribution is 2.32. The first-order valence-corrected chi connectivity index (χ1v) is 6.58. The van der Waals surface area contributed by atoms with Crippen LogP contribution in [-0.4, -0.2) is 11.0 Å². The largest absolute Gasteiger partial charge is 0.465 e. The van der Waals surface area contributed by atoms with Crippen molar-refractivity contribution in [3.63, 3.8) is 0 Å². The molecule has 0 aliphatic carbocycles. The molecule has 90 valence electrons. The first-order chi connectivity index (χ1) is 8.84. The Morgan fingerprint density at radius 2 is 2.00 bits per heavy atom. The van der Waals surface area contributed by atoms with E-state index in [2.05, 4.69) is 0 Å². The standard InChI is InChI=1S/C14H11NO2S/c16-14-13(9-12-7-4-8-17-12)15(10-18-14)11-5-2-1-3-6-11/h1-9H,10H2/b13-9+. The van der Waals surface area contributed by atoms with Crippen LogP contribution >= 0.6 is 11.8 Å². The number of anilines is 1. The minimum atomic E-state index is 0.0789. The van der Waals surface area contributed by atoms with Gasteiger partial charge in [-0.15, -0.1) is 0 Å². The summed E-state index contributed by atoms with van der Waals surface area (Å²) in [6.45, 7) is 0. The number of nitrogens with zero attached hydrogens (tertiary/aromatic N) is 1. The summed E-state index contributed by atoms with van der Waals surface area (Å²) >= 11 is 1.31. The van der Waals surface area contributed by atoms with Crippen LogP contribution < -0.4 is 4.90 Å². The van der Waals surface area contributed by atoms with Crippen LogP contribution in [0.3, 0.4) is 0 Å². The highest BCUT2D eigenvalue weighted by molar-refractivity contribution is 8.14. The van der Waals surface area contributed by atoms with Crippen LogP contribution in [0.2, 0.25) is 0 Å². The Balaban J connectivity index is 1.98. The predicted molar refractivity (Wildman–Crippen MR) is 73.1 cm³/mol. The molecule has 1 aliphatic heterocycles. The van der Waals surface area contributed by atoms with E-state index in [1.807, 2.05) is 47.4 Å². The number of hydrogen-bond acceptors (Lipinski definition) is 4. The maximum atomic E-state index is 11.9. The number of carbonyl (C=O) groups is 1. The minimum absolute atomic E-state index is 0.0789. The van der Waals surface area contributed by atoms with Gasteiger partial charge in [-0.1, -0.05) is 30.0 Å². The molecule has 4 heteroatoms. The fourth-order valence-electron chi connectivity index (χ4n) is 1.84. The van der Waals surface area contributed by atoms with E-state index in [-0.39, 0.29) is 5.12 Å². The minimum Gasteiger partial charge on any atom is -0.465 e.